The zero-order chi connectivity index (χ0) is 23.3. The number of rotatable bonds is 5. The number of likely N-dealkylation sites (tertiary alicyclic amines) is 1. The van der Waals surface area contributed by atoms with Gasteiger partial charge in [0.05, 0.1) is 29.5 Å². The highest BCUT2D eigenvalue weighted by atomic mass is 79.9. The summed E-state index contributed by atoms with van der Waals surface area (Å²) in [6.45, 7) is -0.754. The third-order valence-corrected chi connectivity index (χ3v) is 9.09. The van der Waals surface area contributed by atoms with Gasteiger partial charge in [-0.2, -0.15) is 5.26 Å². The second-order valence-electron chi connectivity index (χ2n) is 8.73. The van der Waals surface area contributed by atoms with Crippen LogP contribution < -0.4 is 5.32 Å². The van der Waals surface area contributed by atoms with Gasteiger partial charge in [0.2, 0.25) is 11.8 Å². The standard InChI is InChI=1S/C21H21BrClF2N3O3S/c22-12-1-2-17(16(23)7-12)32(31)13-8-14(18(29)27-20(10-26)3-4-20)15(9-13)19(30)28-6-5-21(24,25)11-28/h1-2,7,13-15H,3-6,8-9,11H2,(H,27,29)/t13-,14-,15-,32?/m1/s1. The molecule has 0 radical (unpaired) electrons. The first-order chi connectivity index (χ1) is 15.0. The van der Waals surface area contributed by atoms with Gasteiger partial charge in [-0.25, -0.2) is 8.78 Å². The first-order valence-corrected chi connectivity index (χ1v) is 12.7. The summed E-state index contributed by atoms with van der Waals surface area (Å²) < 4.78 is 41.4. The molecule has 1 aromatic carbocycles. The number of hydrogen-bond donors (Lipinski definition) is 1. The summed E-state index contributed by atoms with van der Waals surface area (Å²) in [6.07, 6.45) is 0.916. The van der Waals surface area contributed by atoms with E-state index in [1.54, 1.807) is 18.2 Å². The molecule has 1 aromatic rings. The Labute approximate surface area is 201 Å². The van der Waals surface area contributed by atoms with E-state index in [9.17, 15) is 28.2 Å². The third-order valence-electron chi connectivity index (χ3n) is 6.39. The van der Waals surface area contributed by atoms with Crippen molar-refractivity contribution in [1.82, 2.24) is 10.2 Å². The minimum absolute atomic E-state index is 0.0783. The van der Waals surface area contributed by atoms with Crippen LogP contribution in [0.4, 0.5) is 8.78 Å². The van der Waals surface area contributed by atoms with Crippen LogP contribution in [0.1, 0.15) is 32.1 Å². The average Bonchev–Trinajstić information content (AvgIpc) is 3.19. The van der Waals surface area contributed by atoms with Gasteiger partial charge >= 0.3 is 0 Å². The zero-order valence-electron chi connectivity index (χ0n) is 17.0. The van der Waals surface area contributed by atoms with E-state index < -0.39 is 64.5 Å². The summed E-state index contributed by atoms with van der Waals surface area (Å²) in [5.74, 6) is -5.65. The molecule has 172 valence electrons. The normalized spacial score (nSPS) is 28.8. The van der Waals surface area contributed by atoms with Gasteiger partial charge in [0.25, 0.3) is 5.92 Å². The van der Waals surface area contributed by atoms with E-state index >= 15 is 0 Å². The molecule has 1 aliphatic heterocycles. The molecule has 32 heavy (non-hydrogen) atoms. The second-order valence-corrected chi connectivity index (χ2v) is 11.8. The number of nitrogens with one attached hydrogen (secondary N) is 1. The predicted octanol–water partition coefficient (Wildman–Crippen LogP) is 3.64. The number of amides is 2. The molecule has 2 saturated carbocycles. The van der Waals surface area contributed by atoms with Crippen LogP contribution in [-0.4, -0.2) is 51.1 Å². The molecule has 2 aliphatic carbocycles. The largest absolute Gasteiger partial charge is 0.611 e. The maximum Gasteiger partial charge on any atom is 0.267 e. The fraction of sp³-hybridized carbons (Fsp3) is 0.571. The molecule has 1 N–H and O–H groups in total. The minimum Gasteiger partial charge on any atom is -0.611 e. The van der Waals surface area contributed by atoms with E-state index in [0.29, 0.717) is 22.8 Å². The van der Waals surface area contributed by atoms with E-state index in [-0.39, 0.29) is 19.4 Å². The Bertz CT molecular complexity index is 988. The second kappa shape index (κ2) is 8.75. The third kappa shape index (κ3) is 4.76. The molecule has 1 unspecified atom stereocenters. The molecule has 1 saturated heterocycles. The van der Waals surface area contributed by atoms with Crippen LogP contribution in [0.25, 0.3) is 0 Å². The quantitative estimate of drug-likeness (QED) is 0.568. The van der Waals surface area contributed by atoms with Crippen molar-refractivity contribution < 1.29 is 22.9 Å². The molecule has 4 rings (SSSR count). The number of hydrogen-bond acceptors (Lipinski definition) is 4. The van der Waals surface area contributed by atoms with Gasteiger partial charge in [0.15, 0.2) is 4.90 Å². The summed E-state index contributed by atoms with van der Waals surface area (Å²) >= 11 is 7.96. The van der Waals surface area contributed by atoms with Gasteiger partial charge in [-0.1, -0.05) is 27.5 Å². The number of halogens is 4. The highest BCUT2D eigenvalue weighted by Crippen LogP contribution is 2.43. The first kappa shape index (κ1) is 23.7. The molecule has 0 bridgehead atoms. The summed E-state index contributed by atoms with van der Waals surface area (Å²) in [5.41, 5.74) is -0.919. The van der Waals surface area contributed by atoms with Gasteiger partial charge < -0.3 is 14.8 Å². The van der Waals surface area contributed by atoms with Crippen LogP contribution in [0, 0.1) is 23.2 Å². The lowest BCUT2D eigenvalue weighted by molar-refractivity contribution is -0.141. The van der Waals surface area contributed by atoms with Gasteiger partial charge in [-0.15, -0.1) is 0 Å². The van der Waals surface area contributed by atoms with Crippen molar-refractivity contribution in [1.29, 1.82) is 5.26 Å². The number of carbonyl (C=O) groups excluding carboxylic acids is 2. The van der Waals surface area contributed by atoms with Crippen molar-refractivity contribution in [3.63, 3.8) is 0 Å². The van der Waals surface area contributed by atoms with Gasteiger partial charge in [0.1, 0.15) is 10.8 Å². The highest BCUT2D eigenvalue weighted by molar-refractivity contribution is 9.10. The molecule has 4 atom stereocenters. The van der Waals surface area contributed by atoms with E-state index in [2.05, 4.69) is 27.3 Å². The molecule has 11 heteroatoms. The van der Waals surface area contributed by atoms with Crippen LogP contribution in [-0.2, 0) is 20.8 Å². The number of nitrogens with zero attached hydrogens (tertiary/aromatic N) is 2. The fourth-order valence-corrected chi connectivity index (χ4v) is 6.90. The van der Waals surface area contributed by atoms with Crippen molar-refractivity contribution in [3.8, 4) is 6.07 Å². The molecule has 0 spiro atoms. The monoisotopic (exact) mass is 547 g/mol. The summed E-state index contributed by atoms with van der Waals surface area (Å²) in [7, 11) is 0. The van der Waals surface area contributed by atoms with E-state index in [0.717, 1.165) is 9.37 Å². The van der Waals surface area contributed by atoms with Crippen LogP contribution in [0.15, 0.2) is 27.6 Å². The predicted molar refractivity (Wildman–Crippen MR) is 117 cm³/mol. The molecule has 2 amide bonds. The van der Waals surface area contributed by atoms with Crippen LogP contribution in [0.2, 0.25) is 5.02 Å². The fourth-order valence-electron chi connectivity index (χ4n) is 4.42. The molecule has 0 aromatic heterocycles. The van der Waals surface area contributed by atoms with Crippen LogP contribution in [0.3, 0.4) is 0 Å². The topological polar surface area (TPSA) is 96.3 Å². The summed E-state index contributed by atoms with van der Waals surface area (Å²) in [6, 6.07) is 7.03. The van der Waals surface area contributed by atoms with Crippen molar-refractivity contribution >= 4 is 50.5 Å². The van der Waals surface area contributed by atoms with E-state index in [1.807, 2.05) is 0 Å². The number of nitriles is 1. The van der Waals surface area contributed by atoms with Crippen molar-refractivity contribution in [3.05, 3.63) is 27.7 Å². The Morgan fingerprint density at radius 3 is 2.53 bits per heavy atom. The lowest BCUT2D eigenvalue weighted by Crippen LogP contribution is -2.45. The van der Waals surface area contributed by atoms with Crippen LogP contribution in [0.5, 0.6) is 0 Å². The molecule has 6 nitrogen and oxygen atoms in total. The number of benzene rings is 1. The first-order valence-electron chi connectivity index (χ1n) is 10.3. The Morgan fingerprint density at radius 1 is 1.28 bits per heavy atom. The molecular formula is C21H21BrClF2N3O3S. The zero-order valence-corrected chi connectivity index (χ0v) is 20.1. The maximum absolute atomic E-state index is 13.7. The Kier molecular flexibility index (Phi) is 6.49. The van der Waals surface area contributed by atoms with E-state index in [1.165, 1.54) is 0 Å². The molecule has 3 aliphatic rings. The Morgan fingerprint density at radius 2 is 1.97 bits per heavy atom. The summed E-state index contributed by atoms with van der Waals surface area (Å²) in [5, 5.41) is 11.8. The number of alkyl halides is 2. The van der Waals surface area contributed by atoms with Gasteiger partial charge in [-0.05, 0) is 42.2 Å². The van der Waals surface area contributed by atoms with E-state index in [4.69, 9.17) is 11.6 Å². The molecule has 1 heterocycles. The smallest absolute Gasteiger partial charge is 0.267 e. The highest BCUT2D eigenvalue weighted by Gasteiger charge is 2.53. The maximum atomic E-state index is 13.7. The lowest BCUT2D eigenvalue weighted by atomic mass is 9.93. The minimum atomic E-state index is -2.95. The average molecular weight is 549 g/mol. The summed E-state index contributed by atoms with van der Waals surface area (Å²) in [4.78, 5) is 27.7. The van der Waals surface area contributed by atoms with Crippen molar-refractivity contribution in [2.45, 2.75) is 53.7 Å². The van der Waals surface area contributed by atoms with Crippen molar-refractivity contribution in [2.75, 3.05) is 13.1 Å². The lowest BCUT2D eigenvalue weighted by Gasteiger charge is -2.24. The Hall–Kier alpha value is -1.41. The molecule has 3 fully saturated rings. The van der Waals surface area contributed by atoms with Crippen molar-refractivity contribution in [2.24, 2.45) is 11.8 Å². The SMILES string of the molecule is N#CC1(NC(=O)[C@@H]2C[C@@H]([S+]([O-])c3ccc(Br)cc3Cl)C[C@H]2C(=O)N2CCC(F)(F)C2)CC1. The number of carbonyl (C=O) groups is 2. The van der Waals surface area contributed by atoms with Crippen LogP contribution >= 0.6 is 27.5 Å². The molecular weight excluding hydrogens is 528 g/mol. The Balaban J connectivity index is 1.56. The van der Waals surface area contributed by atoms with Gasteiger partial charge in [0, 0.05) is 30.3 Å². The van der Waals surface area contributed by atoms with Gasteiger partial charge in [-0.3, -0.25) is 9.59 Å².